The highest BCUT2D eigenvalue weighted by molar-refractivity contribution is 9.10. The molecule has 0 aliphatic rings. The van der Waals surface area contributed by atoms with E-state index in [2.05, 4.69) is 15.9 Å². The first-order chi connectivity index (χ1) is 7.06. The van der Waals surface area contributed by atoms with Crippen LogP contribution in [-0.2, 0) is 10.8 Å². The fourth-order valence-corrected chi connectivity index (χ4v) is 2.92. The molecular formula is C10H11BrO3S. The second-order valence-electron chi connectivity index (χ2n) is 3.00. The van der Waals surface area contributed by atoms with Crippen LogP contribution in [-0.4, -0.2) is 21.0 Å². The maximum atomic E-state index is 11.7. The fraction of sp³-hybridized carbons (Fsp3) is 0.300. The monoisotopic (exact) mass is 290 g/mol. The highest BCUT2D eigenvalue weighted by atomic mass is 79.9. The predicted octanol–water partition coefficient (Wildman–Crippen LogP) is 2.66. The first-order valence-electron chi connectivity index (χ1n) is 4.47. The standard InChI is InChI=1S/C10H11BrO3S/c1-2-5-15(14)9-6-7(11)3-4-8(9)10(12)13/h3-4,6H,2,5H2,1H3,(H,12,13). The van der Waals surface area contributed by atoms with E-state index in [-0.39, 0.29) is 5.56 Å². The van der Waals surface area contributed by atoms with Gasteiger partial charge in [-0.3, -0.25) is 4.21 Å². The summed E-state index contributed by atoms with van der Waals surface area (Å²) in [5, 5.41) is 8.92. The van der Waals surface area contributed by atoms with Gasteiger partial charge < -0.3 is 5.11 Å². The number of carbonyl (C=O) groups is 1. The molecule has 1 atom stereocenters. The van der Waals surface area contributed by atoms with Gasteiger partial charge in [0.1, 0.15) is 0 Å². The van der Waals surface area contributed by atoms with Crippen molar-refractivity contribution >= 4 is 32.7 Å². The van der Waals surface area contributed by atoms with Crippen molar-refractivity contribution in [2.45, 2.75) is 18.2 Å². The Kier molecular flexibility index (Phi) is 4.47. The van der Waals surface area contributed by atoms with Crippen molar-refractivity contribution in [1.29, 1.82) is 0 Å². The molecule has 0 heterocycles. The molecule has 0 bridgehead atoms. The molecule has 0 aliphatic carbocycles. The molecule has 1 rings (SSSR count). The van der Waals surface area contributed by atoms with E-state index in [1.54, 1.807) is 12.1 Å². The quantitative estimate of drug-likeness (QED) is 0.928. The number of carboxylic acids is 1. The molecule has 0 radical (unpaired) electrons. The molecule has 0 amide bonds. The number of aromatic carboxylic acids is 1. The zero-order chi connectivity index (χ0) is 11.4. The maximum Gasteiger partial charge on any atom is 0.336 e. The normalized spacial score (nSPS) is 12.4. The minimum atomic E-state index is -1.24. The number of hydrogen-bond donors (Lipinski definition) is 1. The van der Waals surface area contributed by atoms with Crippen molar-refractivity contribution in [3.63, 3.8) is 0 Å². The van der Waals surface area contributed by atoms with Crippen LogP contribution in [0.2, 0.25) is 0 Å². The molecule has 0 saturated heterocycles. The van der Waals surface area contributed by atoms with Gasteiger partial charge in [0.25, 0.3) is 0 Å². The van der Waals surface area contributed by atoms with Gasteiger partial charge in [-0.05, 0) is 24.6 Å². The molecule has 0 aromatic heterocycles. The van der Waals surface area contributed by atoms with E-state index in [0.29, 0.717) is 10.6 Å². The largest absolute Gasteiger partial charge is 0.478 e. The Morgan fingerprint density at radius 2 is 2.20 bits per heavy atom. The lowest BCUT2D eigenvalue weighted by atomic mass is 10.2. The highest BCUT2D eigenvalue weighted by Crippen LogP contribution is 2.20. The van der Waals surface area contributed by atoms with Crippen molar-refractivity contribution in [1.82, 2.24) is 0 Å². The number of rotatable bonds is 4. The second-order valence-corrected chi connectivity index (χ2v) is 5.45. The summed E-state index contributed by atoms with van der Waals surface area (Å²) in [4.78, 5) is 11.3. The van der Waals surface area contributed by atoms with Crippen LogP contribution in [0.1, 0.15) is 23.7 Å². The van der Waals surface area contributed by atoms with Crippen LogP contribution < -0.4 is 0 Å². The minimum absolute atomic E-state index is 0.116. The van der Waals surface area contributed by atoms with E-state index in [1.807, 2.05) is 6.92 Å². The van der Waals surface area contributed by atoms with Gasteiger partial charge in [0.05, 0.1) is 21.3 Å². The van der Waals surface area contributed by atoms with Crippen molar-refractivity contribution in [2.75, 3.05) is 5.75 Å². The summed E-state index contributed by atoms with van der Waals surface area (Å²) in [6.07, 6.45) is 0.762. The Bertz CT molecular complexity index is 404. The lowest BCUT2D eigenvalue weighted by Crippen LogP contribution is -2.06. The highest BCUT2D eigenvalue weighted by Gasteiger charge is 2.14. The van der Waals surface area contributed by atoms with Gasteiger partial charge >= 0.3 is 5.97 Å². The molecule has 15 heavy (non-hydrogen) atoms. The van der Waals surface area contributed by atoms with Crippen molar-refractivity contribution in [3.8, 4) is 0 Å². The molecule has 82 valence electrons. The van der Waals surface area contributed by atoms with Gasteiger partial charge in [0.2, 0.25) is 0 Å². The van der Waals surface area contributed by atoms with Crippen LogP contribution in [0.4, 0.5) is 0 Å². The summed E-state index contributed by atoms with van der Waals surface area (Å²) in [6, 6.07) is 4.71. The second kappa shape index (κ2) is 5.42. The van der Waals surface area contributed by atoms with E-state index in [1.165, 1.54) is 6.07 Å². The van der Waals surface area contributed by atoms with Gasteiger partial charge in [0.15, 0.2) is 0 Å². The third kappa shape index (κ3) is 3.14. The van der Waals surface area contributed by atoms with Gasteiger partial charge in [-0.15, -0.1) is 0 Å². The fourth-order valence-electron chi connectivity index (χ4n) is 1.16. The third-order valence-electron chi connectivity index (χ3n) is 1.81. The molecule has 3 nitrogen and oxygen atoms in total. The van der Waals surface area contributed by atoms with Gasteiger partial charge in [-0.1, -0.05) is 22.9 Å². The smallest absolute Gasteiger partial charge is 0.336 e. The Labute approximate surface area is 99.1 Å². The molecule has 5 heteroatoms. The van der Waals surface area contributed by atoms with Crippen LogP contribution in [0.5, 0.6) is 0 Å². The van der Waals surface area contributed by atoms with E-state index in [9.17, 15) is 9.00 Å². The summed E-state index contributed by atoms with van der Waals surface area (Å²) in [5.74, 6) is -0.557. The lowest BCUT2D eigenvalue weighted by Gasteiger charge is -2.05. The summed E-state index contributed by atoms with van der Waals surface area (Å²) in [5.41, 5.74) is 0.116. The first-order valence-corrected chi connectivity index (χ1v) is 6.58. The van der Waals surface area contributed by atoms with E-state index < -0.39 is 16.8 Å². The van der Waals surface area contributed by atoms with Gasteiger partial charge in [-0.2, -0.15) is 0 Å². The minimum Gasteiger partial charge on any atom is -0.478 e. The van der Waals surface area contributed by atoms with E-state index in [0.717, 1.165) is 10.9 Å². The maximum absolute atomic E-state index is 11.7. The lowest BCUT2D eigenvalue weighted by molar-refractivity contribution is 0.0693. The molecule has 0 spiro atoms. The number of benzene rings is 1. The molecule has 1 N–H and O–H groups in total. The Morgan fingerprint density at radius 1 is 1.53 bits per heavy atom. The Balaban J connectivity index is 3.18. The topological polar surface area (TPSA) is 54.4 Å². The molecular weight excluding hydrogens is 280 g/mol. The van der Waals surface area contributed by atoms with E-state index in [4.69, 9.17) is 5.11 Å². The van der Waals surface area contributed by atoms with Crippen LogP contribution in [0.25, 0.3) is 0 Å². The molecule has 1 aromatic carbocycles. The molecule has 0 saturated carbocycles. The molecule has 0 aliphatic heterocycles. The zero-order valence-electron chi connectivity index (χ0n) is 8.20. The summed E-state index contributed by atoms with van der Waals surface area (Å²) in [7, 11) is -1.24. The first kappa shape index (κ1) is 12.4. The van der Waals surface area contributed by atoms with Crippen LogP contribution in [0, 0.1) is 0 Å². The van der Waals surface area contributed by atoms with Crippen molar-refractivity contribution in [3.05, 3.63) is 28.2 Å². The van der Waals surface area contributed by atoms with Crippen molar-refractivity contribution < 1.29 is 14.1 Å². The van der Waals surface area contributed by atoms with Gasteiger partial charge in [0, 0.05) is 10.2 Å². The number of carboxylic acid groups (broad SMARTS) is 1. The summed E-state index contributed by atoms with van der Waals surface area (Å²) < 4.78 is 12.5. The van der Waals surface area contributed by atoms with Crippen molar-refractivity contribution in [2.24, 2.45) is 0 Å². The summed E-state index contributed by atoms with van der Waals surface area (Å²) in [6.45, 7) is 1.91. The van der Waals surface area contributed by atoms with Crippen LogP contribution in [0.3, 0.4) is 0 Å². The van der Waals surface area contributed by atoms with Crippen LogP contribution in [0.15, 0.2) is 27.6 Å². The SMILES string of the molecule is CCCS(=O)c1cc(Br)ccc1C(=O)O. The average Bonchev–Trinajstić information content (AvgIpc) is 2.17. The van der Waals surface area contributed by atoms with Gasteiger partial charge in [-0.25, -0.2) is 4.79 Å². The predicted molar refractivity (Wildman–Crippen MR) is 62.7 cm³/mol. The Morgan fingerprint density at radius 3 is 2.73 bits per heavy atom. The van der Waals surface area contributed by atoms with Crippen LogP contribution >= 0.6 is 15.9 Å². The zero-order valence-corrected chi connectivity index (χ0v) is 10.6. The number of hydrogen-bond acceptors (Lipinski definition) is 2. The molecule has 1 aromatic rings. The number of halogens is 1. The Hall–Kier alpha value is -0.680. The molecule has 0 fully saturated rings. The van der Waals surface area contributed by atoms with E-state index >= 15 is 0 Å². The average molecular weight is 291 g/mol. The molecule has 1 unspecified atom stereocenters. The third-order valence-corrected chi connectivity index (χ3v) is 3.91. The summed E-state index contributed by atoms with van der Waals surface area (Å²) >= 11 is 3.24.